The Morgan fingerprint density at radius 2 is 1.52 bits per heavy atom. The molecular weight excluding hydrogens is 410 g/mol. The number of hydrogen-bond acceptors (Lipinski definition) is 4. The van der Waals surface area contributed by atoms with E-state index < -0.39 is 0 Å². The highest BCUT2D eigenvalue weighted by Gasteiger charge is 2.22. The second-order valence-corrected chi connectivity index (χ2v) is 7.78. The Morgan fingerprint density at radius 1 is 0.879 bits per heavy atom. The summed E-state index contributed by atoms with van der Waals surface area (Å²) in [6, 6.07) is 27.8. The Morgan fingerprint density at radius 3 is 2.15 bits per heavy atom. The van der Waals surface area contributed by atoms with Crippen molar-refractivity contribution >= 4 is 17.3 Å². The van der Waals surface area contributed by atoms with Crippen LogP contribution in [-0.4, -0.2) is 34.0 Å². The van der Waals surface area contributed by atoms with Crippen molar-refractivity contribution in [1.82, 2.24) is 15.0 Å². The number of aryl methyl sites for hydroxylation is 2. The fraction of sp³-hybridized carbons (Fsp3) is 0.222. The molecule has 168 valence electrons. The number of hydrogen-bond donors (Lipinski definition) is 1. The third-order valence-electron chi connectivity index (χ3n) is 5.71. The molecule has 0 radical (unpaired) electrons. The Bertz CT molecular complexity index is 1170. The molecule has 6 heteroatoms. The average Bonchev–Trinajstić information content (AvgIpc) is 3.30. The predicted octanol–water partition coefficient (Wildman–Crippen LogP) is 5.29. The molecule has 0 aliphatic carbocycles. The highest BCUT2D eigenvalue weighted by molar-refractivity contribution is 6.06. The van der Waals surface area contributed by atoms with Crippen LogP contribution in [0.2, 0.25) is 0 Å². The van der Waals surface area contributed by atoms with Crippen LogP contribution >= 0.6 is 0 Å². The van der Waals surface area contributed by atoms with E-state index in [-0.39, 0.29) is 5.91 Å². The van der Waals surface area contributed by atoms with Gasteiger partial charge >= 0.3 is 0 Å². The van der Waals surface area contributed by atoms with E-state index >= 15 is 0 Å². The first-order chi connectivity index (χ1) is 16.2. The van der Waals surface area contributed by atoms with Crippen LogP contribution in [0.1, 0.15) is 29.9 Å². The van der Waals surface area contributed by atoms with E-state index in [1.807, 2.05) is 72.8 Å². The van der Waals surface area contributed by atoms with Crippen molar-refractivity contribution in [1.29, 1.82) is 0 Å². The van der Waals surface area contributed by atoms with Crippen LogP contribution in [0.3, 0.4) is 0 Å². The van der Waals surface area contributed by atoms with E-state index in [9.17, 15) is 4.79 Å². The smallest absolute Gasteiger partial charge is 0.276 e. The van der Waals surface area contributed by atoms with E-state index in [0.717, 1.165) is 36.4 Å². The van der Waals surface area contributed by atoms with Crippen LogP contribution in [0.5, 0.6) is 0 Å². The zero-order chi connectivity index (χ0) is 23.0. The van der Waals surface area contributed by atoms with Crippen LogP contribution in [0.4, 0.5) is 11.4 Å². The van der Waals surface area contributed by atoms with Gasteiger partial charge in [-0.3, -0.25) is 4.79 Å². The second-order valence-electron chi connectivity index (χ2n) is 7.78. The first-order valence-electron chi connectivity index (χ1n) is 11.4. The number of carbonyl (C=O) groups excluding carboxylic acids is 1. The summed E-state index contributed by atoms with van der Waals surface area (Å²) < 4.78 is 1.70. The predicted molar refractivity (Wildman–Crippen MR) is 134 cm³/mol. The number of rotatable bonds is 9. The lowest BCUT2D eigenvalue weighted by Gasteiger charge is -2.21. The standard InChI is InChI=1S/C27H29N5O/c1-3-31(4-2)24-17-15-23(16-18-24)28-27(33)26-25(22-13-9-6-10-14-22)29-30-32(26)20-19-21-11-7-5-8-12-21/h5-18H,3-4,19-20H2,1-2H3,(H,28,33). The summed E-state index contributed by atoms with van der Waals surface area (Å²) in [6.07, 6.45) is 0.761. The van der Waals surface area contributed by atoms with Crippen LogP contribution in [0, 0.1) is 0 Å². The Balaban J connectivity index is 1.60. The molecule has 0 atom stereocenters. The van der Waals surface area contributed by atoms with Crippen LogP contribution < -0.4 is 10.2 Å². The van der Waals surface area contributed by atoms with Crippen molar-refractivity contribution in [3.05, 3.63) is 96.2 Å². The quantitative estimate of drug-likeness (QED) is 0.385. The van der Waals surface area contributed by atoms with Crippen molar-refractivity contribution in [3.63, 3.8) is 0 Å². The molecule has 1 aromatic heterocycles. The molecule has 0 saturated heterocycles. The van der Waals surface area contributed by atoms with Gasteiger partial charge in [-0.15, -0.1) is 5.10 Å². The minimum atomic E-state index is -0.220. The van der Waals surface area contributed by atoms with E-state index in [4.69, 9.17) is 0 Å². The van der Waals surface area contributed by atoms with Crippen molar-refractivity contribution in [2.45, 2.75) is 26.8 Å². The van der Waals surface area contributed by atoms with Crippen molar-refractivity contribution < 1.29 is 4.79 Å². The van der Waals surface area contributed by atoms with Gasteiger partial charge in [0, 0.05) is 36.6 Å². The Hall–Kier alpha value is -3.93. The maximum atomic E-state index is 13.4. The summed E-state index contributed by atoms with van der Waals surface area (Å²) in [6.45, 7) is 6.71. The monoisotopic (exact) mass is 439 g/mol. The molecule has 0 bridgehead atoms. The summed E-state index contributed by atoms with van der Waals surface area (Å²) >= 11 is 0. The zero-order valence-corrected chi connectivity index (χ0v) is 19.1. The fourth-order valence-electron chi connectivity index (χ4n) is 3.90. The number of nitrogens with one attached hydrogen (secondary N) is 1. The number of amides is 1. The highest BCUT2D eigenvalue weighted by Crippen LogP contribution is 2.23. The molecule has 3 aromatic carbocycles. The maximum absolute atomic E-state index is 13.4. The van der Waals surface area contributed by atoms with Gasteiger partial charge in [0.2, 0.25) is 0 Å². The molecule has 0 spiro atoms. The lowest BCUT2D eigenvalue weighted by Crippen LogP contribution is -2.22. The largest absolute Gasteiger partial charge is 0.372 e. The van der Waals surface area contributed by atoms with E-state index in [1.54, 1.807) is 4.68 Å². The normalized spacial score (nSPS) is 10.7. The lowest BCUT2D eigenvalue weighted by molar-refractivity contribution is 0.101. The second kappa shape index (κ2) is 10.6. The van der Waals surface area contributed by atoms with Gasteiger partial charge in [-0.1, -0.05) is 65.9 Å². The average molecular weight is 440 g/mol. The summed E-state index contributed by atoms with van der Waals surface area (Å²) in [5.74, 6) is -0.220. The van der Waals surface area contributed by atoms with Gasteiger partial charge in [-0.25, -0.2) is 4.68 Å². The zero-order valence-electron chi connectivity index (χ0n) is 19.1. The van der Waals surface area contributed by atoms with Crippen LogP contribution in [0.15, 0.2) is 84.9 Å². The summed E-state index contributed by atoms with van der Waals surface area (Å²) in [5, 5.41) is 11.7. The molecule has 0 saturated carbocycles. The van der Waals surface area contributed by atoms with Crippen molar-refractivity contribution in [3.8, 4) is 11.3 Å². The van der Waals surface area contributed by atoms with E-state index in [1.165, 1.54) is 5.56 Å². The Kier molecular flexibility index (Phi) is 7.15. The summed E-state index contributed by atoms with van der Waals surface area (Å²) in [7, 11) is 0. The number of nitrogens with zero attached hydrogens (tertiary/aromatic N) is 4. The molecule has 1 heterocycles. The number of carbonyl (C=O) groups is 1. The highest BCUT2D eigenvalue weighted by atomic mass is 16.2. The molecule has 4 rings (SSSR count). The van der Waals surface area contributed by atoms with Crippen molar-refractivity contribution in [2.75, 3.05) is 23.3 Å². The first-order valence-corrected chi connectivity index (χ1v) is 11.4. The van der Waals surface area contributed by atoms with Crippen LogP contribution in [0.25, 0.3) is 11.3 Å². The fourth-order valence-corrected chi connectivity index (χ4v) is 3.90. The van der Waals surface area contributed by atoms with E-state index in [0.29, 0.717) is 17.9 Å². The topological polar surface area (TPSA) is 63.1 Å². The van der Waals surface area contributed by atoms with Gasteiger partial charge in [0.25, 0.3) is 5.91 Å². The summed E-state index contributed by atoms with van der Waals surface area (Å²) in [4.78, 5) is 15.7. The third kappa shape index (κ3) is 5.29. The minimum Gasteiger partial charge on any atom is -0.372 e. The Labute approximate surface area is 194 Å². The van der Waals surface area contributed by atoms with Gasteiger partial charge in [0.1, 0.15) is 5.69 Å². The van der Waals surface area contributed by atoms with Crippen LogP contribution in [-0.2, 0) is 13.0 Å². The molecule has 1 amide bonds. The number of aromatic nitrogens is 3. The molecule has 1 N–H and O–H groups in total. The molecule has 33 heavy (non-hydrogen) atoms. The number of anilines is 2. The summed E-state index contributed by atoms with van der Waals surface area (Å²) in [5.41, 5.74) is 4.98. The molecule has 0 aliphatic rings. The molecule has 4 aromatic rings. The van der Waals surface area contributed by atoms with Gasteiger partial charge in [-0.2, -0.15) is 0 Å². The number of benzene rings is 3. The van der Waals surface area contributed by atoms with Crippen molar-refractivity contribution in [2.24, 2.45) is 0 Å². The SMILES string of the molecule is CCN(CC)c1ccc(NC(=O)c2c(-c3ccccc3)nnn2CCc2ccccc2)cc1. The van der Waals surface area contributed by atoms with E-state index in [2.05, 4.69) is 46.5 Å². The lowest BCUT2D eigenvalue weighted by atomic mass is 10.1. The molecule has 0 fully saturated rings. The maximum Gasteiger partial charge on any atom is 0.276 e. The molecular formula is C27H29N5O. The van der Waals surface area contributed by atoms with Gasteiger partial charge < -0.3 is 10.2 Å². The van der Waals surface area contributed by atoms with Gasteiger partial charge in [-0.05, 0) is 50.1 Å². The van der Waals surface area contributed by atoms with Gasteiger partial charge in [0.15, 0.2) is 5.69 Å². The third-order valence-corrected chi connectivity index (χ3v) is 5.71. The first kappa shape index (κ1) is 22.3. The molecule has 0 aliphatic heterocycles. The van der Waals surface area contributed by atoms with Gasteiger partial charge in [0.05, 0.1) is 0 Å². The molecule has 6 nitrogen and oxygen atoms in total. The molecule has 0 unspecified atom stereocenters. The minimum absolute atomic E-state index is 0.220.